The smallest absolute Gasteiger partial charge is 0.309 e. The molecule has 0 saturated heterocycles. The Balaban J connectivity index is 1.58. The third-order valence-electron chi connectivity index (χ3n) is 5.09. The molecule has 9 heteroatoms. The number of halogens is 3. The molecule has 0 unspecified atom stereocenters. The molecule has 3 heterocycles. The van der Waals surface area contributed by atoms with E-state index in [1.54, 1.807) is 6.07 Å². The molecule has 0 atom stereocenters. The van der Waals surface area contributed by atoms with Gasteiger partial charge in [0.2, 0.25) is 5.91 Å². The maximum Gasteiger partial charge on any atom is 0.435 e. The van der Waals surface area contributed by atoms with Crippen molar-refractivity contribution in [3.8, 4) is 0 Å². The molecule has 1 aliphatic carbocycles. The van der Waals surface area contributed by atoms with E-state index in [4.69, 9.17) is 0 Å². The van der Waals surface area contributed by atoms with E-state index < -0.39 is 17.8 Å². The van der Waals surface area contributed by atoms with E-state index in [1.807, 2.05) is 26.0 Å². The molecule has 3 aromatic rings. The van der Waals surface area contributed by atoms with Crippen LogP contribution in [-0.4, -0.2) is 25.7 Å². The zero-order chi connectivity index (χ0) is 20.8. The Morgan fingerprint density at radius 1 is 1.17 bits per heavy atom. The van der Waals surface area contributed by atoms with Crippen molar-refractivity contribution in [2.75, 3.05) is 5.32 Å². The van der Waals surface area contributed by atoms with Crippen molar-refractivity contribution in [2.24, 2.45) is 0 Å². The predicted octanol–water partition coefficient (Wildman–Crippen LogP) is 3.98. The standard InChI is InChI=1S/C20H20F3N5O/c1-11-9-12(2)24-19-13(11)7-8-16(26-19)25-17(29)10-28-15-6-4-3-5-14(15)18(27-28)20(21,22)23/h7-9H,3-6,10H2,1-2H3,(H,24,25,26,29). The fourth-order valence-electron chi connectivity index (χ4n) is 3.85. The first-order valence-corrected chi connectivity index (χ1v) is 9.43. The van der Waals surface area contributed by atoms with Crippen LogP contribution in [0.2, 0.25) is 0 Å². The number of carbonyl (C=O) groups excluding carboxylic acids is 1. The molecule has 3 aromatic heterocycles. The average Bonchev–Trinajstić information content (AvgIpc) is 3.00. The number of fused-ring (bicyclic) bond motifs is 2. The lowest BCUT2D eigenvalue weighted by Gasteiger charge is -2.14. The van der Waals surface area contributed by atoms with Crippen LogP contribution in [0.3, 0.4) is 0 Å². The van der Waals surface area contributed by atoms with Crippen molar-refractivity contribution >= 4 is 22.8 Å². The Morgan fingerprint density at radius 3 is 2.69 bits per heavy atom. The quantitative estimate of drug-likeness (QED) is 0.718. The first-order valence-electron chi connectivity index (χ1n) is 9.43. The van der Waals surface area contributed by atoms with Crippen LogP contribution in [0.5, 0.6) is 0 Å². The lowest BCUT2D eigenvalue weighted by atomic mass is 9.95. The van der Waals surface area contributed by atoms with Crippen molar-refractivity contribution in [1.82, 2.24) is 19.7 Å². The molecule has 0 radical (unpaired) electrons. The van der Waals surface area contributed by atoms with Crippen molar-refractivity contribution < 1.29 is 18.0 Å². The van der Waals surface area contributed by atoms with Crippen LogP contribution in [0.15, 0.2) is 18.2 Å². The summed E-state index contributed by atoms with van der Waals surface area (Å²) in [5, 5.41) is 7.24. The van der Waals surface area contributed by atoms with E-state index in [0.717, 1.165) is 23.1 Å². The van der Waals surface area contributed by atoms with E-state index in [1.165, 1.54) is 4.68 Å². The number of pyridine rings is 2. The van der Waals surface area contributed by atoms with Gasteiger partial charge in [0.05, 0.1) is 0 Å². The molecule has 6 nitrogen and oxygen atoms in total. The summed E-state index contributed by atoms with van der Waals surface area (Å²) in [6.45, 7) is 3.52. The zero-order valence-electron chi connectivity index (χ0n) is 16.1. The number of carbonyl (C=O) groups is 1. The number of hydrogen-bond donors (Lipinski definition) is 1. The fraction of sp³-hybridized carbons (Fsp3) is 0.400. The van der Waals surface area contributed by atoms with Crippen LogP contribution in [0.1, 0.15) is 41.1 Å². The minimum atomic E-state index is -4.52. The lowest BCUT2D eigenvalue weighted by molar-refractivity contribution is -0.142. The summed E-state index contributed by atoms with van der Waals surface area (Å²) in [6, 6.07) is 5.42. The van der Waals surface area contributed by atoms with E-state index in [9.17, 15) is 18.0 Å². The topological polar surface area (TPSA) is 72.7 Å². The van der Waals surface area contributed by atoms with Gasteiger partial charge in [0.1, 0.15) is 12.4 Å². The number of hydrogen-bond acceptors (Lipinski definition) is 4. The molecule has 29 heavy (non-hydrogen) atoms. The third kappa shape index (κ3) is 3.81. The molecule has 1 aliphatic rings. The Hall–Kier alpha value is -2.97. The van der Waals surface area contributed by atoms with Crippen molar-refractivity contribution in [3.63, 3.8) is 0 Å². The molecule has 0 spiro atoms. The van der Waals surface area contributed by atoms with Crippen molar-refractivity contribution in [2.45, 2.75) is 52.3 Å². The summed E-state index contributed by atoms with van der Waals surface area (Å²) in [7, 11) is 0. The van der Waals surface area contributed by atoms with Crippen LogP contribution in [-0.2, 0) is 30.4 Å². The molecule has 0 saturated carbocycles. The van der Waals surface area contributed by atoms with Crippen LogP contribution in [0, 0.1) is 13.8 Å². The van der Waals surface area contributed by atoms with Crippen molar-refractivity contribution in [1.29, 1.82) is 0 Å². The van der Waals surface area contributed by atoms with Crippen LogP contribution in [0.4, 0.5) is 19.0 Å². The van der Waals surface area contributed by atoms with E-state index in [-0.39, 0.29) is 12.1 Å². The average molecular weight is 403 g/mol. The Morgan fingerprint density at radius 2 is 1.93 bits per heavy atom. The van der Waals surface area contributed by atoms with Crippen LogP contribution < -0.4 is 5.32 Å². The highest BCUT2D eigenvalue weighted by molar-refractivity contribution is 5.91. The first-order chi connectivity index (χ1) is 13.7. The summed E-state index contributed by atoms with van der Waals surface area (Å²) in [5.41, 5.74) is 2.19. The van der Waals surface area contributed by atoms with Crippen LogP contribution >= 0.6 is 0 Å². The molecule has 0 aliphatic heterocycles. The summed E-state index contributed by atoms with van der Waals surface area (Å²) in [4.78, 5) is 21.2. The highest BCUT2D eigenvalue weighted by Crippen LogP contribution is 2.35. The third-order valence-corrected chi connectivity index (χ3v) is 5.09. The first kappa shape index (κ1) is 19.4. The summed E-state index contributed by atoms with van der Waals surface area (Å²) >= 11 is 0. The SMILES string of the molecule is Cc1cc(C)c2ccc(NC(=O)Cn3nc(C(F)(F)F)c4c3CCCC4)nc2n1. The van der Waals surface area contributed by atoms with E-state index in [0.29, 0.717) is 36.4 Å². The number of anilines is 1. The van der Waals surface area contributed by atoms with Gasteiger partial charge in [-0.05, 0) is 63.3 Å². The van der Waals surface area contributed by atoms with Gasteiger partial charge in [-0.25, -0.2) is 9.97 Å². The van der Waals surface area contributed by atoms with Gasteiger partial charge >= 0.3 is 6.18 Å². The maximum absolute atomic E-state index is 13.3. The summed E-state index contributed by atoms with van der Waals surface area (Å²) in [6.07, 6.45) is -2.22. The predicted molar refractivity (Wildman–Crippen MR) is 102 cm³/mol. The molecule has 1 amide bonds. The Labute approximate surface area is 165 Å². The summed E-state index contributed by atoms with van der Waals surface area (Å²) in [5.74, 6) is -0.178. The van der Waals surface area contributed by atoms with Gasteiger partial charge in [-0.15, -0.1) is 0 Å². The molecule has 152 valence electrons. The van der Waals surface area contributed by atoms with Gasteiger partial charge in [0.15, 0.2) is 11.3 Å². The van der Waals surface area contributed by atoms with Gasteiger partial charge in [0.25, 0.3) is 0 Å². The van der Waals surface area contributed by atoms with Gasteiger partial charge in [-0.3, -0.25) is 9.48 Å². The Kier molecular flexibility index (Phi) is 4.76. The van der Waals surface area contributed by atoms with Crippen molar-refractivity contribution in [3.05, 3.63) is 46.4 Å². The van der Waals surface area contributed by atoms with E-state index >= 15 is 0 Å². The van der Waals surface area contributed by atoms with E-state index in [2.05, 4.69) is 20.4 Å². The second-order valence-corrected chi connectivity index (χ2v) is 7.33. The number of aryl methyl sites for hydroxylation is 2. The molecule has 0 bridgehead atoms. The Bertz CT molecular complexity index is 1100. The highest BCUT2D eigenvalue weighted by Gasteiger charge is 2.39. The molecular weight excluding hydrogens is 383 g/mol. The highest BCUT2D eigenvalue weighted by atomic mass is 19.4. The van der Waals surface area contributed by atoms with Gasteiger partial charge < -0.3 is 5.32 Å². The largest absolute Gasteiger partial charge is 0.435 e. The van der Waals surface area contributed by atoms with Gasteiger partial charge in [0, 0.05) is 22.3 Å². The second kappa shape index (κ2) is 7.13. The number of amides is 1. The molecule has 0 fully saturated rings. The number of alkyl halides is 3. The van der Waals surface area contributed by atoms with Gasteiger partial charge in [-0.2, -0.15) is 18.3 Å². The molecular formula is C20H20F3N5O. The van der Waals surface area contributed by atoms with Crippen LogP contribution in [0.25, 0.3) is 11.0 Å². The number of nitrogens with one attached hydrogen (secondary N) is 1. The normalized spacial score (nSPS) is 14.1. The number of nitrogens with zero attached hydrogens (tertiary/aromatic N) is 4. The summed E-state index contributed by atoms with van der Waals surface area (Å²) < 4.78 is 41.1. The lowest BCUT2D eigenvalue weighted by Crippen LogP contribution is -2.22. The monoisotopic (exact) mass is 403 g/mol. The molecule has 0 aromatic carbocycles. The fourth-order valence-corrected chi connectivity index (χ4v) is 3.85. The molecule has 1 N–H and O–H groups in total. The molecule has 4 rings (SSSR count). The number of rotatable bonds is 3. The minimum Gasteiger partial charge on any atom is -0.309 e. The van der Waals surface area contributed by atoms with Gasteiger partial charge in [-0.1, -0.05) is 0 Å². The second-order valence-electron chi connectivity index (χ2n) is 7.33. The maximum atomic E-state index is 13.3. The number of aromatic nitrogens is 4. The minimum absolute atomic E-state index is 0.218. The zero-order valence-corrected chi connectivity index (χ0v) is 16.1.